The van der Waals surface area contributed by atoms with Crippen LogP contribution in [0.3, 0.4) is 0 Å². The SMILES string of the molecule is NCCc1cccc(-c2nc(-c3ccc(Br)cc3)no2)c1. The van der Waals surface area contributed by atoms with Crippen molar-refractivity contribution in [2.75, 3.05) is 6.54 Å². The van der Waals surface area contributed by atoms with Crippen molar-refractivity contribution in [1.82, 2.24) is 10.1 Å². The number of hydrogen-bond donors (Lipinski definition) is 1. The van der Waals surface area contributed by atoms with Crippen molar-refractivity contribution in [1.29, 1.82) is 0 Å². The Balaban J connectivity index is 1.91. The van der Waals surface area contributed by atoms with Gasteiger partial charge in [-0.05, 0) is 54.9 Å². The maximum absolute atomic E-state index is 5.59. The largest absolute Gasteiger partial charge is 0.334 e. The summed E-state index contributed by atoms with van der Waals surface area (Å²) in [7, 11) is 0. The minimum absolute atomic E-state index is 0.520. The smallest absolute Gasteiger partial charge is 0.258 e. The van der Waals surface area contributed by atoms with Gasteiger partial charge in [0.05, 0.1) is 0 Å². The van der Waals surface area contributed by atoms with Gasteiger partial charge in [-0.25, -0.2) is 0 Å². The van der Waals surface area contributed by atoms with Gasteiger partial charge in [-0.1, -0.05) is 33.2 Å². The quantitative estimate of drug-likeness (QED) is 0.784. The zero-order chi connectivity index (χ0) is 14.7. The Labute approximate surface area is 131 Å². The lowest BCUT2D eigenvalue weighted by molar-refractivity contribution is 0.432. The van der Waals surface area contributed by atoms with Crippen LogP contribution in [0.25, 0.3) is 22.8 Å². The zero-order valence-corrected chi connectivity index (χ0v) is 12.9. The average Bonchev–Trinajstić information content (AvgIpc) is 2.98. The fourth-order valence-corrected chi connectivity index (χ4v) is 2.35. The molecule has 2 N–H and O–H groups in total. The van der Waals surface area contributed by atoms with E-state index in [1.54, 1.807) is 0 Å². The lowest BCUT2D eigenvalue weighted by Crippen LogP contribution is -2.02. The molecule has 2 aromatic carbocycles. The molecule has 0 radical (unpaired) electrons. The molecule has 5 heteroatoms. The molecule has 3 rings (SSSR count). The number of rotatable bonds is 4. The van der Waals surface area contributed by atoms with Crippen LogP contribution in [0.2, 0.25) is 0 Å². The van der Waals surface area contributed by atoms with Gasteiger partial charge in [0, 0.05) is 15.6 Å². The summed E-state index contributed by atoms with van der Waals surface area (Å²) in [5.74, 6) is 1.11. The molecule has 0 fully saturated rings. The van der Waals surface area contributed by atoms with Crippen LogP contribution in [0.1, 0.15) is 5.56 Å². The minimum Gasteiger partial charge on any atom is -0.334 e. The Morgan fingerprint density at radius 3 is 2.62 bits per heavy atom. The van der Waals surface area contributed by atoms with Crippen LogP contribution in [0, 0.1) is 0 Å². The van der Waals surface area contributed by atoms with Crippen LogP contribution in [0.15, 0.2) is 57.5 Å². The van der Waals surface area contributed by atoms with Crippen molar-refractivity contribution in [3.63, 3.8) is 0 Å². The lowest BCUT2D eigenvalue weighted by Gasteiger charge is -2.00. The van der Waals surface area contributed by atoms with Gasteiger partial charge in [0.1, 0.15) is 0 Å². The van der Waals surface area contributed by atoms with Crippen LogP contribution >= 0.6 is 15.9 Å². The molecule has 3 aromatic rings. The molecule has 0 amide bonds. The Morgan fingerprint density at radius 1 is 1.05 bits per heavy atom. The van der Waals surface area contributed by atoms with Crippen molar-refractivity contribution < 1.29 is 4.52 Å². The third kappa shape index (κ3) is 3.20. The highest BCUT2D eigenvalue weighted by atomic mass is 79.9. The van der Waals surface area contributed by atoms with E-state index in [1.165, 1.54) is 5.56 Å². The number of aromatic nitrogens is 2. The molecule has 0 unspecified atom stereocenters. The maximum atomic E-state index is 5.59. The Hall–Kier alpha value is -1.98. The molecule has 0 saturated carbocycles. The standard InChI is InChI=1S/C16H14BrN3O/c17-14-6-4-12(5-7-14)15-19-16(21-20-15)13-3-1-2-11(10-13)8-9-18/h1-7,10H,8-9,18H2. The fourth-order valence-electron chi connectivity index (χ4n) is 2.08. The first-order valence-corrected chi connectivity index (χ1v) is 7.44. The van der Waals surface area contributed by atoms with Crippen molar-refractivity contribution in [3.05, 3.63) is 58.6 Å². The number of hydrogen-bond acceptors (Lipinski definition) is 4. The molecule has 106 valence electrons. The second-order valence-electron chi connectivity index (χ2n) is 4.67. The predicted octanol–water partition coefficient (Wildman–Crippen LogP) is 3.67. The predicted molar refractivity (Wildman–Crippen MR) is 85.6 cm³/mol. The molecule has 0 aliphatic carbocycles. The van der Waals surface area contributed by atoms with Gasteiger partial charge >= 0.3 is 0 Å². The van der Waals surface area contributed by atoms with E-state index in [0.717, 1.165) is 22.0 Å². The van der Waals surface area contributed by atoms with E-state index in [-0.39, 0.29) is 0 Å². The molecule has 4 nitrogen and oxygen atoms in total. The van der Waals surface area contributed by atoms with E-state index in [0.29, 0.717) is 18.3 Å². The van der Waals surface area contributed by atoms with E-state index < -0.39 is 0 Å². The summed E-state index contributed by atoms with van der Waals surface area (Å²) in [5, 5.41) is 4.04. The second kappa shape index (κ2) is 6.20. The van der Waals surface area contributed by atoms with Gasteiger partial charge in [-0.15, -0.1) is 0 Å². The first-order chi connectivity index (χ1) is 10.3. The van der Waals surface area contributed by atoms with E-state index in [1.807, 2.05) is 48.5 Å². The summed E-state index contributed by atoms with van der Waals surface area (Å²) >= 11 is 3.41. The van der Waals surface area contributed by atoms with Crippen LogP contribution in [-0.4, -0.2) is 16.7 Å². The van der Waals surface area contributed by atoms with Gasteiger partial charge in [0.15, 0.2) is 0 Å². The minimum atomic E-state index is 0.520. The van der Waals surface area contributed by atoms with E-state index in [9.17, 15) is 0 Å². The first-order valence-electron chi connectivity index (χ1n) is 6.65. The Bertz CT molecular complexity index is 737. The van der Waals surface area contributed by atoms with Gasteiger partial charge < -0.3 is 10.3 Å². The van der Waals surface area contributed by atoms with Crippen molar-refractivity contribution in [2.45, 2.75) is 6.42 Å². The second-order valence-corrected chi connectivity index (χ2v) is 5.58. The third-order valence-electron chi connectivity index (χ3n) is 3.14. The summed E-state index contributed by atoms with van der Waals surface area (Å²) in [6, 6.07) is 15.8. The lowest BCUT2D eigenvalue weighted by atomic mass is 10.1. The molecule has 0 aliphatic heterocycles. The normalized spacial score (nSPS) is 10.8. The van der Waals surface area contributed by atoms with Crippen LogP contribution in [0.5, 0.6) is 0 Å². The summed E-state index contributed by atoms with van der Waals surface area (Å²) in [6.07, 6.45) is 0.835. The third-order valence-corrected chi connectivity index (χ3v) is 3.66. The summed E-state index contributed by atoms with van der Waals surface area (Å²) in [4.78, 5) is 4.46. The highest BCUT2D eigenvalue weighted by molar-refractivity contribution is 9.10. The number of nitrogens with two attached hydrogens (primary N) is 1. The molecule has 21 heavy (non-hydrogen) atoms. The van der Waals surface area contributed by atoms with Gasteiger partial charge in [-0.3, -0.25) is 0 Å². The maximum Gasteiger partial charge on any atom is 0.258 e. The van der Waals surface area contributed by atoms with Crippen molar-refractivity contribution >= 4 is 15.9 Å². The molecule has 0 atom stereocenters. The molecule has 1 heterocycles. The van der Waals surface area contributed by atoms with Crippen molar-refractivity contribution in [3.8, 4) is 22.8 Å². The fraction of sp³-hybridized carbons (Fsp3) is 0.125. The molecule has 0 bridgehead atoms. The highest BCUT2D eigenvalue weighted by Gasteiger charge is 2.10. The summed E-state index contributed by atoms with van der Waals surface area (Å²) in [5.41, 5.74) is 8.59. The zero-order valence-electron chi connectivity index (χ0n) is 11.3. The van der Waals surface area contributed by atoms with Crippen LogP contribution < -0.4 is 5.73 Å². The first kappa shape index (κ1) is 14.0. The van der Waals surface area contributed by atoms with Crippen LogP contribution in [0.4, 0.5) is 0 Å². The van der Waals surface area contributed by atoms with Gasteiger partial charge in [-0.2, -0.15) is 4.98 Å². The topological polar surface area (TPSA) is 64.9 Å². The average molecular weight is 344 g/mol. The van der Waals surface area contributed by atoms with Crippen molar-refractivity contribution in [2.24, 2.45) is 5.73 Å². The van der Waals surface area contributed by atoms with Gasteiger partial charge in [0.2, 0.25) is 5.82 Å². The molecule has 0 aliphatic rings. The van der Waals surface area contributed by atoms with E-state index in [4.69, 9.17) is 10.3 Å². The van der Waals surface area contributed by atoms with E-state index >= 15 is 0 Å². The Kier molecular flexibility index (Phi) is 4.13. The molecule has 0 spiro atoms. The summed E-state index contributed by atoms with van der Waals surface area (Å²) < 4.78 is 6.38. The molecular weight excluding hydrogens is 330 g/mol. The number of halogens is 1. The highest BCUT2D eigenvalue weighted by Crippen LogP contribution is 2.24. The number of benzene rings is 2. The number of nitrogens with zero attached hydrogens (tertiary/aromatic N) is 2. The molecule has 1 aromatic heterocycles. The van der Waals surface area contributed by atoms with Gasteiger partial charge in [0.25, 0.3) is 5.89 Å². The molecular formula is C16H14BrN3O. The Morgan fingerprint density at radius 2 is 1.86 bits per heavy atom. The monoisotopic (exact) mass is 343 g/mol. The van der Waals surface area contributed by atoms with Crippen LogP contribution in [-0.2, 0) is 6.42 Å². The van der Waals surface area contributed by atoms with E-state index in [2.05, 4.69) is 26.1 Å². The molecule has 0 saturated heterocycles. The summed E-state index contributed by atoms with van der Waals surface area (Å²) in [6.45, 7) is 0.622.